The Morgan fingerprint density at radius 1 is 1.32 bits per heavy atom. The van der Waals surface area contributed by atoms with Crippen LogP contribution in [-0.4, -0.2) is 43.8 Å². The van der Waals surface area contributed by atoms with Crippen molar-refractivity contribution in [2.75, 3.05) is 20.7 Å². The highest BCUT2D eigenvalue weighted by Gasteiger charge is 2.33. The second-order valence-electron chi connectivity index (χ2n) is 4.98. The zero-order valence-electron chi connectivity index (χ0n) is 12.2. The molecule has 2 atom stereocenters. The van der Waals surface area contributed by atoms with E-state index in [0.29, 0.717) is 18.7 Å². The number of hydrogen-bond acceptors (Lipinski definition) is 4. The van der Waals surface area contributed by atoms with E-state index < -0.39 is 17.8 Å². The van der Waals surface area contributed by atoms with E-state index in [1.54, 1.807) is 0 Å². The standard InChI is InChI=1S/C14H17F3N2O3/c1-19(21-2)13(20)12-7-11(8-18-12)22-10-5-3-9(4-6-10)14(15,16)17/h3-6,11-12,18H,7-8H2,1-2H3. The van der Waals surface area contributed by atoms with Gasteiger partial charge >= 0.3 is 6.18 Å². The summed E-state index contributed by atoms with van der Waals surface area (Å²) in [6, 6.07) is 4.07. The molecule has 1 N–H and O–H groups in total. The van der Waals surface area contributed by atoms with Crippen molar-refractivity contribution >= 4 is 5.91 Å². The summed E-state index contributed by atoms with van der Waals surface area (Å²) in [7, 11) is 2.90. The number of nitrogens with one attached hydrogen (secondary N) is 1. The molecule has 1 aliphatic heterocycles. The molecule has 1 amide bonds. The number of halogens is 3. The van der Waals surface area contributed by atoms with Crippen molar-refractivity contribution in [1.29, 1.82) is 0 Å². The quantitative estimate of drug-likeness (QED) is 0.861. The van der Waals surface area contributed by atoms with Gasteiger partial charge in [-0.1, -0.05) is 0 Å². The van der Waals surface area contributed by atoms with E-state index in [2.05, 4.69) is 5.32 Å². The van der Waals surface area contributed by atoms with Crippen LogP contribution < -0.4 is 10.1 Å². The van der Waals surface area contributed by atoms with Gasteiger partial charge in [-0.05, 0) is 24.3 Å². The molecule has 1 fully saturated rings. The summed E-state index contributed by atoms with van der Waals surface area (Å²) < 4.78 is 43.0. The van der Waals surface area contributed by atoms with Crippen LogP contribution in [0.4, 0.5) is 13.2 Å². The lowest BCUT2D eigenvalue weighted by molar-refractivity contribution is -0.170. The van der Waals surface area contributed by atoms with Crippen LogP contribution >= 0.6 is 0 Å². The third-order valence-corrected chi connectivity index (χ3v) is 3.46. The molecule has 2 rings (SSSR count). The summed E-state index contributed by atoms with van der Waals surface area (Å²) in [5, 5.41) is 4.12. The first-order chi connectivity index (χ1) is 10.3. The smallest absolute Gasteiger partial charge is 0.416 e. The summed E-state index contributed by atoms with van der Waals surface area (Å²) in [6.45, 7) is 0.439. The van der Waals surface area contributed by atoms with Gasteiger partial charge in [-0.25, -0.2) is 5.06 Å². The van der Waals surface area contributed by atoms with Crippen molar-refractivity contribution in [3.05, 3.63) is 29.8 Å². The van der Waals surface area contributed by atoms with E-state index in [4.69, 9.17) is 9.57 Å². The molecule has 1 aliphatic rings. The molecule has 0 aromatic heterocycles. The normalized spacial score (nSPS) is 21.7. The topological polar surface area (TPSA) is 50.8 Å². The van der Waals surface area contributed by atoms with Gasteiger partial charge in [0.25, 0.3) is 5.91 Å². The van der Waals surface area contributed by atoms with Gasteiger partial charge in [0.05, 0.1) is 18.7 Å². The van der Waals surface area contributed by atoms with Gasteiger partial charge in [0.2, 0.25) is 0 Å². The highest BCUT2D eigenvalue weighted by atomic mass is 19.4. The molecule has 1 aromatic carbocycles. The van der Waals surface area contributed by atoms with Gasteiger partial charge in [-0.3, -0.25) is 9.63 Å². The monoisotopic (exact) mass is 318 g/mol. The fourth-order valence-electron chi connectivity index (χ4n) is 2.21. The molecule has 1 saturated heterocycles. The largest absolute Gasteiger partial charge is 0.489 e. The first-order valence-corrected chi connectivity index (χ1v) is 6.70. The molecule has 0 saturated carbocycles. The van der Waals surface area contributed by atoms with E-state index in [1.165, 1.54) is 26.3 Å². The van der Waals surface area contributed by atoms with Crippen LogP contribution in [0.1, 0.15) is 12.0 Å². The molecule has 1 heterocycles. The number of likely N-dealkylation sites (N-methyl/N-ethyl adjacent to an activating group) is 1. The van der Waals surface area contributed by atoms with Gasteiger partial charge in [0.1, 0.15) is 11.9 Å². The first kappa shape index (κ1) is 16.6. The van der Waals surface area contributed by atoms with Crippen molar-refractivity contribution in [2.45, 2.75) is 24.7 Å². The Bertz CT molecular complexity index is 519. The van der Waals surface area contributed by atoms with Gasteiger partial charge < -0.3 is 10.1 Å². The van der Waals surface area contributed by atoms with Crippen molar-refractivity contribution in [2.24, 2.45) is 0 Å². The Labute approximate surface area is 125 Å². The van der Waals surface area contributed by atoms with Crippen molar-refractivity contribution in [3.63, 3.8) is 0 Å². The maximum absolute atomic E-state index is 12.5. The number of rotatable bonds is 4. The van der Waals surface area contributed by atoms with Gasteiger partial charge in [0.15, 0.2) is 0 Å². The number of carbonyl (C=O) groups is 1. The average molecular weight is 318 g/mol. The van der Waals surface area contributed by atoms with Crippen LogP contribution in [0.2, 0.25) is 0 Å². The van der Waals surface area contributed by atoms with Crippen molar-refractivity contribution in [3.8, 4) is 5.75 Å². The number of carbonyl (C=O) groups excluding carboxylic acids is 1. The van der Waals surface area contributed by atoms with E-state index >= 15 is 0 Å². The predicted molar refractivity (Wildman–Crippen MR) is 72.0 cm³/mol. The van der Waals surface area contributed by atoms with E-state index in [0.717, 1.165) is 17.2 Å². The Hall–Kier alpha value is -1.80. The van der Waals surface area contributed by atoms with E-state index in [9.17, 15) is 18.0 Å². The van der Waals surface area contributed by atoms with E-state index in [-0.39, 0.29) is 12.0 Å². The molecule has 1 aromatic rings. The Balaban J connectivity index is 1.92. The SMILES string of the molecule is CON(C)C(=O)C1CC(Oc2ccc(C(F)(F)F)cc2)CN1. The number of alkyl halides is 3. The van der Waals surface area contributed by atoms with Gasteiger partial charge in [0, 0.05) is 20.0 Å². The summed E-state index contributed by atoms with van der Waals surface area (Å²) in [5.74, 6) is 0.119. The lowest BCUT2D eigenvalue weighted by Gasteiger charge is -2.18. The number of hydrogen-bond donors (Lipinski definition) is 1. The summed E-state index contributed by atoms with van der Waals surface area (Å²) in [5.41, 5.74) is -0.723. The highest BCUT2D eigenvalue weighted by molar-refractivity contribution is 5.81. The molecule has 2 unspecified atom stereocenters. The van der Waals surface area contributed by atoms with Crippen LogP contribution in [0.25, 0.3) is 0 Å². The average Bonchev–Trinajstić information content (AvgIpc) is 2.93. The Morgan fingerprint density at radius 2 is 1.95 bits per heavy atom. The molecule has 122 valence electrons. The number of benzene rings is 1. The zero-order chi connectivity index (χ0) is 16.3. The second kappa shape index (κ2) is 6.53. The number of amides is 1. The van der Waals surface area contributed by atoms with Crippen LogP contribution in [0.3, 0.4) is 0 Å². The van der Waals surface area contributed by atoms with Crippen LogP contribution in [-0.2, 0) is 15.8 Å². The fourth-order valence-corrected chi connectivity index (χ4v) is 2.21. The molecule has 5 nitrogen and oxygen atoms in total. The number of nitrogens with zero attached hydrogens (tertiary/aromatic N) is 1. The van der Waals surface area contributed by atoms with Gasteiger partial charge in [-0.2, -0.15) is 13.2 Å². The lowest BCUT2D eigenvalue weighted by atomic mass is 10.2. The maximum Gasteiger partial charge on any atom is 0.416 e. The van der Waals surface area contributed by atoms with Crippen molar-refractivity contribution in [1.82, 2.24) is 10.4 Å². The Morgan fingerprint density at radius 3 is 2.50 bits per heavy atom. The number of ether oxygens (including phenoxy) is 1. The molecule has 0 radical (unpaired) electrons. The van der Waals surface area contributed by atoms with Gasteiger partial charge in [-0.15, -0.1) is 0 Å². The molecule has 8 heteroatoms. The first-order valence-electron chi connectivity index (χ1n) is 6.70. The lowest BCUT2D eigenvalue weighted by Crippen LogP contribution is -2.40. The molecule has 0 bridgehead atoms. The third-order valence-electron chi connectivity index (χ3n) is 3.46. The molecule has 0 aliphatic carbocycles. The number of hydroxylamine groups is 2. The van der Waals surface area contributed by atoms with Crippen LogP contribution in [0.15, 0.2) is 24.3 Å². The van der Waals surface area contributed by atoms with E-state index in [1.807, 2.05) is 0 Å². The zero-order valence-corrected chi connectivity index (χ0v) is 12.2. The molecule has 0 spiro atoms. The minimum absolute atomic E-state index is 0.221. The van der Waals surface area contributed by atoms with Crippen molar-refractivity contribution < 1.29 is 27.5 Å². The fraction of sp³-hybridized carbons (Fsp3) is 0.500. The second-order valence-corrected chi connectivity index (χ2v) is 4.98. The maximum atomic E-state index is 12.5. The predicted octanol–water partition coefficient (Wildman–Crippen LogP) is 1.83. The third kappa shape index (κ3) is 3.89. The molecular weight excluding hydrogens is 301 g/mol. The summed E-state index contributed by atoms with van der Waals surface area (Å²) >= 11 is 0. The summed E-state index contributed by atoms with van der Waals surface area (Å²) in [6.07, 6.45) is -4.22. The minimum Gasteiger partial charge on any atom is -0.489 e. The van der Waals surface area contributed by atoms with Crippen LogP contribution in [0.5, 0.6) is 5.75 Å². The Kier molecular flexibility index (Phi) is 4.92. The molecular formula is C14H17F3N2O3. The highest BCUT2D eigenvalue weighted by Crippen LogP contribution is 2.30. The molecule has 22 heavy (non-hydrogen) atoms. The summed E-state index contributed by atoms with van der Waals surface area (Å²) in [4.78, 5) is 16.7. The minimum atomic E-state index is -4.37. The van der Waals surface area contributed by atoms with Crippen LogP contribution in [0, 0.1) is 0 Å².